The summed E-state index contributed by atoms with van der Waals surface area (Å²) in [5, 5.41) is 6.94. The molecule has 0 aliphatic carbocycles. The summed E-state index contributed by atoms with van der Waals surface area (Å²) < 4.78 is 0. The van der Waals surface area contributed by atoms with Crippen LogP contribution in [0.4, 0.5) is 0 Å². The molecule has 13 heavy (non-hydrogen) atoms. The molecule has 0 aliphatic rings. The van der Waals surface area contributed by atoms with Gasteiger partial charge in [-0.1, -0.05) is 0 Å². The molecule has 0 aliphatic heterocycles. The topological polar surface area (TPSA) is 55.1 Å². The number of amides is 1. The molecule has 0 aromatic carbocycles. The third kappa shape index (κ3) is 3.16. The molecular weight excluding hydrogens is 184 g/mol. The van der Waals surface area contributed by atoms with Gasteiger partial charge in [-0.05, 0) is 28.8 Å². The number of hydrogen-bond acceptors (Lipinski definition) is 3. The van der Waals surface area contributed by atoms with E-state index in [9.17, 15) is 4.79 Å². The standard InChI is InChI=1S/C9H14N2OS/c1-7-5-13-6-8(7)4-11-9(12)2-3-10/h5-6H,2-4,10H2,1H3,(H,11,12). The molecule has 3 nitrogen and oxygen atoms in total. The van der Waals surface area contributed by atoms with E-state index in [1.807, 2.05) is 6.92 Å². The zero-order valence-electron chi connectivity index (χ0n) is 7.67. The fourth-order valence-electron chi connectivity index (χ4n) is 0.981. The van der Waals surface area contributed by atoms with Gasteiger partial charge in [-0.25, -0.2) is 0 Å². The van der Waals surface area contributed by atoms with Crippen molar-refractivity contribution in [1.29, 1.82) is 0 Å². The van der Waals surface area contributed by atoms with Gasteiger partial charge in [0.05, 0.1) is 0 Å². The predicted molar refractivity (Wildman–Crippen MR) is 54.6 cm³/mol. The van der Waals surface area contributed by atoms with E-state index in [0.29, 0.717) is 19.5 Å². The van der Waals surface area contributed by atoms with E-state index in [-0.39, 0.29) is 5.91 Å². The smallest absolute Gasteiger partial charge is 0.221 e. The van der Waals surface area contributed by atoms with Crippen molar-refractivity contribution >= 4 is 17.2 Å². The lowest BCUT2D eigenvalue weighted by Crippen LogP contribution is -2.25. The summed E-state index contributed by atoms with van der Waals surface area (Å²) in [6, 6.07) is 0. The monoisotopic (exact) mass is 198 g/mol. The van der Waals surface area contributed by atoms with Crippen molar-refractivity contribution in [3.63, 3.8) is 0 Å². The van der Waals surface area contributed by atoms with Crippen molar-refractivity contribution in [2.24, 2.45) is 5.73 Å². The number of aryl methyl sites for hydroxylation is 1. The van der Waals surface area contributed by atoms with Crippen molar-refractivity contribution in [3.05, 3.63) is 21.9 Å². The molecule has 1 heterocycles. The summed E-state index contributed by atoms with van der Waals surface area (Å²) in [4.78, 5) is 11.1. The first kappa shape index (κ1) is 10.2. The average molecular weight is 198 g/mol. The SMILES string of the molecule is Cc1cscc1CNC(=O)CCN. The third-order valence-electron chi connectivity index (χ3n) is 1.81. The molecule has 0 radical (unpaired) electrons. The van der Waals surface area contributed by atoms with E-state index in [2.05, 4.69) is 16.1 Å². The highest BCUT2D eigenvalue weighted by atomic mass is 32.1. The summed E-state index contributed by atoms with van der Waals surface area (Å²) in [5.74, 6) is 0.0214. The predicted octanol–water partition coefficient (Wildman–Crippen LogP) is 1.02. The van der Waals surface area contributed by atoms with Crippen LogP contribution in [0.25, 0.3) is 0 Å². The second-order valence-electron chi connectivity index (χ2n) is 2.90. The van der Waals surface area contributed by atoms with Gasteiger partial charge in [-0.15, -0.1) is 0 Å². The van der Waals surface area contributed by atoms with Gasteiger partial charge >= 0.3 is 0 Å². The minimum atomic E-state index is 0.0214. The fraction of sp³-hybridized carbons (Fsp3) is 0.444. The molecule has 0 fully saturated rings. The van der Waals surface area contributed by atoms with Gasteiger partial charge in [0.15, 0.2) is 0 Å². The van der Waals surface area contributed by atoms with Crippen LogP contribution in [0.1, 0.15) is 17.5 Å². The Kier molecular flexibility index (Phi) is 3.92. The van der Waals surface area contributed by atoms with Gasteiger partial charge in [0.2, 0.25) is 5.91 Å². The number of thiophene rings is 1. The normalized spacial score (nSPS) is 10.0. The van der Waals surface area contributed by atoms with Crippen LogP contribution < -0.4 is 11.1 Å². The van der Waals surface area contributed by atoms with Gasteiger partial charge in [-0.2, -0.15) is 11.3 Å². The largest absolute Gasteiger partial charge is 0.352 e. The number of nitrogens with two attached hydrogens (primary N) is 1. The Morgan fingerprint density at radius 3 is 2.92 bits per heavy atom. The Morgan fingerprint density at radius 1 is 1.62 bits per heavy atom. The summed E-state index contributed by atoms with van der Waals surface area (Å²) in [6.07, 6.45) is 0.406. The maximum atomic E-state index is 11.1. The van der Waals surface area contributed by atoms with Crippen LogP contribution in [-0.2, 0) is 11.3 Å². The molecule has 72 valence electrons. The zero-order valence-corrected chi connectivity index (χ0v) is 8.49. The van der Waals surface area contributed by atoms with Gasteiger partial charge in [0.25, 0.3) is 0 Å². The quantitative estimate of drug-likeness (QED) is 0.759. The van der Waals surface area contributed by atoms with Crippen LogP contribution in [-0.4, -0.2) is 12.5 Å². The summed E-state index contributed by atoms with van der Waals surface area (Å²) >= 11 is 1.66. The highest BCUT2D eigenvalue weighted by molar-refractivity contribution is 7.08. The molecule has 0 atom stereocenters. The Labute approximate surface area is 81.9 Å². The van der Waals surface area contributed by atoms with Gasteiger partial charge in [0.1, 0.15) is 0 Å². The number of nitrogens with one attached hydrogen (secondary N) is 1. The van der Waals surface area contributed by atoms with Crippen LogP contribution in [0.3, 0.4) is 0 Å². The third-order valence-corrected chi connectivity index (χ3v) is 2.72. The summed E-state index contributed by atoms with van der Waals surface area (Å²) in [5.41, 5.74) is 7.67. The second kappa shape index (κ2) is 4.99. The van der Waals surface area contributed by atoms with Gasteiger partial charge in [0, 0.05) is 19.5 Å². The molecule has 0 saturated carbocycles. The van der Waals surface area contributed by atoms with Crippen LogP contribution in [0.2, 0.25) is 0 Å². The number of hydrogen-bond donors (Lipinski definition) is 2. The maximum Gasteiger partial charge on any atom is 0.221 e. The minimum Gasteiger partial charge on any atom is -0.352 e. The van der Waals surface area contributed by atoms with Crippen molar-refractivity contribution in [2.45, 2.75) is 19.9 Å². The average Bonchev–Trinajstić information content (AvgIpc) is 2.48. The van der Waals surface area contributed by atoms with E-state index in [0.717, 1.165) is 0 Å². The van der Waals surface area contributed by atoms with Crippen molar-refractivity contribution < 1.29 is 4.79 Å². The lowest BCUT2D eigenvalue weighted by Gasteiger charge is -2.03. The minimum absolute atomic E-state index is 0.0214. The van der Waals surface area contributed by atoms with E-state index in [4.69, 9.17) is 5.73 Å². The first-order chi connectivity index (χ1) is 6.24. The van der Waals surface area contributed by atoms with Crippen molar-refractivity contribution in [1.82, 2.24) is 5.32 Å². The van der Waals surface area contributed by atoms with Gasteiger partial charge < -0.3 is 11.1 Å². The summed E-state index contributed by atoms with van der Waals surface area (Å²) in [6.45, 7) is 3.07. The number of carbonyl (C=O) groups is 1. The van der Waals surface area contributed by atoms with Crippen LogP contribution in [0, 0.1) is 6.92 Å². The first-order valence-electron chi connectivity index (χ1n) is 4.22. The zero-order chi connectivity index (χ0) is 9.68. The fourth-order valence-corrected chi connectivity index (χ4v) is 1.84. The molecule has 1 amide bonds. The Hall–Kier alpha value is -0.870. The molecular formula is C9H14N2OS. The molecule has 1 aromatic rings. The molecule has 1 rings (SSSR count). The molecule has 0 bridgehead atoms. The molecule has 1 aromatic heterocycles. The Morgan fingerprint density at radius 2 is 2.38 bits per heavy atom. The van der Waals surface area contributed by atoms with Crippen molar-refractivity contribution in [2.75, 3.05) is 6.54 Å². The van der Waals surface area contributed by atoms with E-state index >= 15 is 0 Å². The first-order valence-corrected chi connectivity index (χ1v) is 5.16. The molecule has 3 N–H and O–H groups in total. The summed E-state index contributed by atoms with van der Waals surface area (Å²) in [7, 11) is 0. The lowest BCUT2D eigenvalue weighted by atomic mass is 10.2. The highest BCUT2D eigenvalue weighted by Crippen LogP contribution is 2.12. The number of rotatable bonds is 4. The highest BCUT2D eigenvalue weighted by Gasteiger charge is 2.01. The lowest BCUT2D eigenvalue weighted by molar-refractivity contribution is -0.121. The van der Waals surface area contributed by atoms with E-state index < -0.39 is 0 Å². The van der Waals surface area contributed by atoms with E-state index in [1.54, 1.807) is 11.3 Å². The Balaban J connectivity index is 2.35. The molecule has 0 spiro atoms. The molecule has 4 heteroatoms. The van der Waals surface area contributed by atoms with E-state index in [1.165, 1.54) is 11.1 Å². The number of carbonyl (C=O) groups excluding carboxylic acids is 1. The van der Waals surface area contributed by atoms with Crippen molar-refractivity contribution in [3.8, 4) is 0 Å². The molecule has 0 unspecified atom stereocenters. The second-order valence-corrected chi connectivity index (χ2v) is 3.64. The molecule has 0 saturated heterocycles. The maximum absolute atomic E-state index is 11.1. The van der Waals surface area contributed by atoms with Crippen LogP contribution in [0.15, 0.2) is 10.8 Å². The van der Waals surface area contributed by atoms with Crippen LogP contribution >= 0.6 is 11.3 Å². The van der Waals surface area contributed by atoms with Crippen LogP contribution in [0.5, 0.6) is 0 Å². The Bertz CT molecular complexity index is 283. The van der Waals surface area contributed by atoms with Gasteiger partial charge in [-0.3, -0.25) is 4.79 Å².